The second-order valence-electron chi connectivity index (χ2n) is 4.29. The lowest BCUT2D eigenvalue weighted by Gasteiger charge is -2.06. The van der Waals surface area contributed by atoms with E-state index in [1.54, 1.807) is 12.1 Å². The van der Waals surface area contributed by atoms with Crippen LogP contribution in [0.4, 0.5) is 0 Å². The first kappa shape index (κ1) is 14.7. The van der Waals surface area contributed by atoms with Gasteiger partial charge in [0.2, 0.25) is 11.8 Å². The zero-order valence-corrected chi connectivity index (χ0v) is 10.9. The topological polar surface area (TPSA) is 90.8 Å². The molecule has 0 aromatic heterocycles. The van der Waals surface area contributed by atoms with Crippen LogP contribution in [-0.4, -0.2) is 29.2 Å². The molecule has 0 aliphatic carbocycles. The van der Waals surface area contributed by atoms with Gasteiger partial charge >= 0.3 is 0 Å². The van der Waals surface area contributed by atoms with Crippen molar-refractivity contribution in [2.24, 2.45) is 5.10 Å². The van der Waals surface area contributed by atoms with Crippen molar-refractivity contribution in [1.29, 1.82) is 0 Å². The standard InChI is InChI=1S/C13H17N3O3/c1-9(2)15-12(18)7-13(19)16-14-8-10-4-3-5-11(17)6-10/h3-6,8-9,17H,7H2,1-2H3,(H,15,18)(H,16,19)/b14-8-. The van der Waals surface area contributed by atoms with Crippen LogP contribution in [0.25, 0.3) is 0 Å². The molecule has 102 valence electrons. The molecule has 6 nitrogen and oxygen atoms in total. The van der Waals surface area contributed by atoms with Gasteiger partial charge in [-0.3, -0.25) is 9.59 Å². The molecule has 0 radical (unpaired) electrons. The van der Waals surface area contributed by atoms with Gasteiger partial charge in [-0.1, -0.05) is 12.1 Å². The predicted molar refractivity (Wildman–Crippen MR) is 71.7 cm³/mol. The lowest BCUT2D eigenvalue weighted by Crippen LogP contribution is -2.34. The first-order valence-electron chi connectivity index (χ1n) is 5.87. The summed E-state index contributed by atoms with van der Waals surface area (Å²) in [5.74, 6) is -0.721. The van der Waals surface area contributed by atoms with Crippen molar-refractivity contribution >= 4 is 18.0 Å². The summed E-state index contributed by atoms with van der Waals surface area (Å²) in [7, 11) is 0. The highest BCUT2D eigenvalue weighted by Crippen LogP contribution is 2.08. The van der Waals surface area contributed by atoms with Crippen molar-refractivity contribution in [2.45, 2.75) is 26.3 Å². The molecule has 0 saturated heterocycles. The Kier molecular flexibility index (Phi) is 5.53. The van der Waals surface area contributed by atoms with Crippen molar-refractivity contribution in [3.05, 3.63) is 29.8 Å². The monoisotopic (exact) mass is 263 g/mol. The number of carbonyl (C=O) groups excluding carboxylic acids is 2. The summed E-state index contributed by atoms with van der Waals surface area (Å²) in [6, 6.07) is 6.42. The van der Waals surface area contributed by atoms with Gasteiger partial charge < -0.3 is 10.4 Å². The number of benzene rings is 1. The summed E-state index contributed by atoms with van der Waals surface area (Å²) in [5.41, 5.74) is 2.89. The Hall–Kier alpha value is -2.37. The van der Waals surface area contributed by atoms with E-state index in [1.807, 2.05) is 13.8 Å². The maximum atomic E-state index is 11.4. The van der Waals surface area contributed by atoms with Gasteiger partial charge in [0.1, 0.15) is 12.2 Å². The predicted octanol–water partition coefficient (Wildman–Crippen LogP) is 0.757. The number of hydrogen-bond donors (Lipinski definition) is 3. The number of phenols is 1. The van der Waals surface area contributed by atoms with Crippen LogP contribution in [0.2, 0.25) is 0 Å². The molecule has 1 aromatic carbocycles. The van der Waals surface area contributed by atoms with Gasteiger partial charge in [0.25, 0.3) is 0 Å². The Labute approximate surface area is 111 Å². The first-order chi connectivity index (χ1) is 8.97. The van der Waals surface area contributed by atoms with Gasteiger partial charge in [-0.05, 0) is 31.5 Å². The summed E-state index contributed by atoms with van der Waals surface area (Å²) in [5, 5.41) is 15.5. The number of nitrogens with zero attached hydrogens (tertiary/aromatic N) is 1. The van der Waals surface area contributed by atoms with Gasteiger partial charge in [-0.25, -0.2) is 5.43 Å². The van der Waals surface area contributed by atoms with Crippen LogP contribution in [-0.2, 0) is 9.59 Å². The average molecular weight is 263 g/mol. The number of hydrazone groups is 1. The average Bonchev–Trinajstić information content (AvgIpc) is 2.27. The minimum atomic E-state index is -0.491. The summed E-state index contributed by atoms with van der Waals surface area (Å²) >= 11 is 0. The van der Waals surface area contributed by atoms with Crippen molar-refractivity contribution in [2.75, 3.05) is 0 Å². The van der Waals surface area contributed by atoms with Crippen LogP contribution in [0.5, 0.6) is 5.75 Å². The summed E-state index contributed by atoms with van der Waals surface area (Å²) < 4.78 is 0. The van der Waals surface area contributed by atoms with E-state index in [9.17, 15) is 14.7 Å². The third-order valence-corrected chi connectivity index (χ3v) is 2.04. The van der Waals surface area contributed by atoms with E-state index in [1.165, 1.54) is 18.3 Å². The molecule has 1 aromatic rings. The molecule has 2 amide bonds. The number of aromatic hydroxyl groups is 1. The smallest absolute Gasteiger partial charge is 0.249 e. The van der Waals surface area contributed by atoms with E-state index in [0.29, 0.717) is 5.56 Å². The molecule has 0 aliphatic heterocycles. The van der Waals surface area contributed by atoms with Crippen LogP contribution >= 0.6 is 0 Å². The zero-order chi connectivity index (χ0) is 14.3. The van der Waals surface area contributed by atoms with Gasteiger partial charge in [0.15, 0.2) is 0 Å². The fourth-order valence-corrected chi connectivity index (χ4v) is 1.34. The zero-order valence-electron chi connectivity index (χ0n) is 10.9. The van der Waals surface area contributed by atoms with Crippen LogP contribution in [0.1, 0.15) is 25.8 Å². The highest BCUT2D eigenvalue weighted by molar-refractivity contribution is 5.97. The Bertz CT molecular complexity index is 484. The molecule has 0 unspecified atom stereocenters. The second-order valence-corrected chi connectivity index (χ2v) is 4.29. The molecular formula is C13H17N3O3. The van der Waals surface area contributed by atoms with E-state index in [2.05, 4.69) is 15.8 Å². The van der Waals surface area contributed by atoms with E-state index >= 15 is 0 Å². The van der Waals surface area contributed by atoms with Crippen LogP contribution in [0.15, 0.2) is 29.4 Å². The van der Waals surface area contributed by atoms with E-state index in [0.717, 1.165) is 0 Å². The van der Waals surface area contributed by atoms with E-state index in [-0.39, 0.29) is 24.1 Å². The molecular weight excluding hydrogens is 246 g/mol. The molecule has 19 heavy (non-hydrogen) atoms. The third-order valence-electron chi connectivity index (χ3n) is 2.04. The minimum absolute atomic E-state index is 0.00362. The van der Waals surface area contributed by atoms with Gasteiger partial charge in [0.05, 0.1) is 6.21 Å². The Morgan fingerprint density at radius 2 is 2.11 bits per heavy atom. The fraction of sp³-hybridized carbons (Fsp3) is 0.308. The number of hydrogen-bond acceptors (Lipinski definition) is 4. The summed E-state index contributed by atoms with van der Waals surface area (Å²) in [4.78, 5) is 22.6. The van der Waals surface area contributed by atoms with Crippen molar-refractivity contribution in [3.8, 4) is 5.75 Å². The fourth-order valence-electron chi connectivity index (χ4n) is 1.34. The number of carbonyl (C=O) groups is 2. The molecule has 0 spiro atoms. The SMILES string of the molecule is CC(C)NC(=O)CC(=O)N/N=C\c1cccc(O)c1. The molecule has 0 heterocycles. The highest BCUT2D eigenvalue weighted by atomic mass is 16.3. The molecule has 0 saturated carbocycles. The van der Waals surface area contributed by atoms with E-state index in [4.69, 9.17) is 0 Å². The number of phenolic OH excluding ortho intramolecular Hbond substituents is 1. The normalized spacial score (nSPS) is 10.7. The summed E-state index contributed by atoms with van der Waals surface area (Å²) in [6.45, 7) is 3.63. The quantitative estimate of drug-likeness (QED) is 0.416. The van der Waals surface area contributed by atoms with Crippen molar-refractivity contribution in [1.82, 2.24) is 10.7 Å². The lowest BCUT2D eigenvalue weighted by molar-refractivity contribution is -0.129. The van der Waals surface area contributed by atoms with Gasteiger partial charge in [-0.15, -0.1) is 0 Å². The molecule has 0 fully saturated rings. The van der Waals surface area contributed by atoms with Gasteiger partial charge in [0, 0.05) is 6.04 Å². The third kappa shape index (κ3) is 6.21. The molecule has 0 aliphatic rings. The summed E-state index contributed by atoms with van der Waals surface area (Å²) in [6.07, 6.45) is 1.12. The number of rotatable bonds is 5. The van der Waals surface area contributed by atoms with Crippen LogP contribution in [0, 0.1) is 0 Å². The Morgan fingerprint density at radius 1 is 1.37 bits per heavy atom. The lowest BCUT2D eigenvalue weighted by atomic mass is 10.2. The van der Waals surface area contributed by atoms with E-state index < -0.39 is 5.91 Å². The van der Waals surface area contributed by atoms with Crippen molar-refractivity contribution in [3.63, 3.8) is 0 Å². The molecule has 1 rings (SSSR count). The van der Waals surface area contributed by atoms with Crippen LogP contribution < -0.4 is 10.7 Å². The van der Waals surface area contributed by atoms with Crippen molar-refractivity contribution < 1.29 is 14.7 Å². The van der Waals surface area contributed by atoms with Gasteiger partial charge in [-0.2, -0.15) is 5.10 Å². The minimum Gasteiger partial charge on any atom is -0.508 e. The molecule has 3 N–H and O–H groups in total. The molecule has 0 atom stereocenters. The number of amides is 2. The Morgan fingerprint density at radius 3 is 2.74 bits per heavy atom. The largest absolute Gasteiger partial charge is 0.508 e. The Balaban J connectivity index is 2.40. The molecule has 0 bridgehead atoms. The maximum Gasteiger partial charge on any atom is 0.249 e. The second kappa shape index (κ2) is 7.15. The maximum absolute atomic E-state index is 11.4. The first-order valence-corrected chi connectivity index (χ1v) is 5.87. The highest BCUT2D eigenvalue weighted by Gasteiger charge is 2.08. The number of nitrogens with one attached hydrogen (secondary N) is 2. The molecule has 6 heteroatoms. The van der Waals surface area contributed by atoms with Crippen LogP contribution in [0.3, 0.4) is 0 Å².